The molecule has 0 aromatic heterocycles. The van der Waals surface area contributed by atoms with Crippen LogP contribution in [0.25, 0.3) is 0 Å². The fourth-order valence-electron chi connectivity index (χ4n) is 1.47. The number of benzene rings is 1. The van der Waals surface area contributed by atoms with Gasteiger partial charge in [0.1, 0.15) is 11.6 Å². The molecule has 0 spiro atoms. The maximum absolute atomic E-state index is 13.0. The van der Waals surface area contributed by atoms with Crippen LogP contribution in [0.2, 0.25) is 0 Å². The molecule has 0 fully saturated rings. The third-order valence-corrected chi connectivity index (χ3v) is 2.68. The predicted octanol–water partition coefficient (Wildman–Crippen LogP) is 1.05. The molecule has 0 radical (unpaired) electrons. The van der Waals surface area contributed by atoms with Gasteiger partial charge in [-0.2, -0.15) is 0 Å². The Labute approximate surface area is 111 Å². The zero-order chi connectivity index (χ0) is 14.5. The number of aromatic hydroxyl groups is 1. The van der Waals surface area contributed by atoms with Crippen LogP contribution in [0.15, 0.2) is 18.2 Å². The lowest BCUT2D eigenvalue weighted by atomic mass is 10.0. The first-order chi connectivity index (χ1) is 8.85. The molecule has 1 rings (SSSR count). The number of phenols is 1. The molecule has 1 aromatic rings. The van der Waals surface area contributed by atoms with Crippen molar-refractivity contribution in [3.8, 4) is 5.75 Å². The fraction of sp³-hybridized carbons (Fsp3) is 0.462. The Bertz CT molecular complexity index is 448. The zero-order valence-electron chi connectivity index (χ0n) is 10.9. The first-order valence-electron chi connectivity index (χ1n) is 5.84. The molecule has 6 heteroatoms. The van der Waals surface area contributed by atoms with Crippen molar-refractivity contribution in [2.24, 2.45) is 0 Å². The number of amides is 1. The van der Waals surface area contributed by atoms with E-state index in [-0.39, 0.29) is 17.9 Å². The van der Waals surface area contributed by atoms with Gasteiger partial charge in [0.2, 0.25) is 0 Å². The van der Waals surface area contributed by atoms with Gasteiger partial charge < -0.3 is 20.3 Å². The predicted molar refractivity (Wildman–Crippen MR) is 67.5 cm³/mol. The molecule has 1 aromatic carbocycles. The molecule has 0 aliphatic rings. The van der Waals surface area contributed by atoms with E-state index in [4.69, 9.17) is 4.74 Å². The Morgan fingerprint density at radius 1 is 1.53 bits per heavy atom. The van der Waals surface area contributed by atoms with Gasteiger partial charge in [0.05, 0.1) is 11.2 Å². The van der Waals surface area contributed by atoms with E-state index >= 15 is 0 Å². The third kappa shape index (κ3) is 4.84. The smallest absolute Gasteiger partial charge is 0.255 e. The Hall–Kier alpha value is -1.66. The number of carbonyl (C=O) groups is 1. The second-order valence-electron chi connectivity index (χ2n) is 4.58. The Balaban J connectivity index is 2.62. The molecule has 0 aliphatic heterocycles. The van der Waals surface area contributed by atoms with Crippen LogP contribution in [-0.4, -0.2) is 42.0 Å². The second-order valence-corrected chi connectivity index (χ2v) is 4.58. The quantitative estimate of drug-likeness (QED) is 0.722. The lowest BCUT2D eigenvalue weighted by Gasteiger charge is -2.23. The van der Waals surface area contributed by atoms with Gasteiger partial charge in [-0.1, -0.05) is 0 Å². The van der Waals surface area contributed by atoms with Crippen LogP contribution in [0.5, 0.6) is 5.75 Å². The van der Waals surface area contributed by atoms with Gasteiger partial charge in [-0.05, 0) is 25.1 Å². The number of ether oxygens (including phenoxy) is 1. The van der Waals surface area contributed by atoms with Crippen molar-refractivity contribution in [3.05, 3.63) is 29.6 Å². The summed E-state index contributed by atoms with van der Waals surface area (Å²) in [6, 6.07) is 3.10. The van der Waals surface area contributed by atoms with Gasteiger partial charge in [-0.25, -0.2) is 4.39 Å². The maximum Gasteiger partial charge on any atom is 0.255 e. The Morgan fingerprint density at radius 2 is 2.21 bits per heavy atom. The highest BCUT2D eigenvalue weighted by molar-refractivity contribution is 5.96. The minimum atomic E-state index is -1.13. The number of hydrogen-bond acceptors (Lipinski definition) is 4. The first kappa shape index (κ1) is 15.4. The van der Waals surface area contributed by atoms with E-state index in [1.807, 2.05) is 0 Å². The van der Waals surface area contributed by atoms with E-state index in [0.717, 1.165) is 18.2 Å². The Morgan fingerprint density at radius 3 is 2.84 bits per heavy atom. The molecule has 3 N–H and O–H groups in total. The molecule has 0 aliphatic carbocycles. The molecule has 5 nitrogen and oxygen atoms in total. The third-order valence-electron chi connectivity index (χ3n) is 2.68. The molecule has 106 valence electrons. The highest BCUT2D eigenvalue weighted by Crippen LogP contribution is 2.18. The van der Waals surface area contributed by atoms with Crippen LogP contribution in [-0.2, 0) is 4.74 Å². The number of rotatable bonds is 6. The van der Waals surface area contributed by atoms with Crippen LogP contribution in [0.4, 0.5) is 4.39 Å². The molecule has 1 amide bonds. The van der Waals surface area contributed by atoms with Gasteiger partial charge in [0.15, 0.2) is 0 Å². The van der Waals surface area contributed by atoms with Gasteiger partial charge in [-0.15, -0.1) is 0 Å². The molecule has 0 saturated carbocycles. The number of nitrogens with one attached hydrogen (secondary N) is 1. The zero-order valence-corrected chi connectivity index (χ0v) is 10.9. The number of carbonyl (C=O) groups excluding carboxylic acids is 1. The summed E-state index contributed by atoms with van der Waals surface area (Å²) in [5.74, 6) is -1.57. The lowest BCUT2D eigenvalue weighted by molar-refractivity contribution is 0.0243. The average molecular weight is 271 g/mol. The fourth-order valence-corrected chi connectivity index (χ4v) is 1.47. The SMILES string of the molecule is COCCC(C)(O)CNC(=O)c1cc(F)ccc1O. The van der Waals surface area contributed by atoms with Crippen LogP contribution in [0.3, 0.4) is 0 Å². The summed E-state index contributed by atoms with van der Waals surface area (Å²) in [4.78, 5) is 11.8. The minimum absolute atomic E-state index is 0.0227. The Kier molecular flexibility index (Phi) is 5.26. The van der Waals surface area contributed by atoms with Crippen LogP contribution >= 0.6 is 0 Å². The average Bonchev–Trinajstić information content (AvgIpc) is 2.36. The molecular formula is C13H18FNO4. The molecule has 0 bridgehead atoms. The summed E-state index contributed by atoms with van der Waals surface area (Å²) < 4.78 is 17.8. The van der Waals surface area contributed by atoms with E-state index < -0.39 is 17.3 Å². The largest absolute Gasteiger partial charge is 0.507 e. The van der Waals surface area contributed by atoms with Gasteiger partial charge >= 0.3 is 0 Å². The molecule has 1 atom stereocenters. The van der Waals surface area contributed by atoms with Crippen molar-refractivity contribution in [2.75, 3.05) is 20.3 Å². The monoisotopic (exact) mass is 271 g/mol. The standard InChI is InChI=1S/C13H18FNO4/c1-13(18,5-6-19-2)8-15-12(17)10-7-9(14)3-4-11(10)16/h3-4,7,16,18H,5-6,8H2,1-2H3,(H,15,17). The second kappa shape index (κ2) is 6.49. The number of hydrogen-bond donors (Lipinski definition) is 3. The van der Waals surface area contributed by atoms with Crippen molar-refractivity contribution in [1.82, 2.24) is 5.32 Å². The van der Waals surface area contributed by atoms with E-state index in [9.17, 15) is 19.4 Å². The minimum Gasteiger partial charge on any atom is -0.507 e. The van der Waals surface area contributed by atoms with E-state index in [0.29, 0.717) is 13.0 Å². The van der Waals surface area contributed by atoms with Crippen molar-refractivity contribution in [2.45, 2.75) is 18.9 Å². The summed E-state index contributed by atoms with van der Waals surface area (Å²) in [5, 5.41) is 21.8. The van der Waals surface area contributed by atoms with E-state index in [2.05, 4.69) is 5.32 Å². The topological polar surface area (TPSA) is 78.8 Å². The number of halogens is 1. The van der Waals surface area contributed by atoms with Crippen molar-refractivity contribution in [1.29, 1.82) is 0 Å². The molecular weight excluding hydrogens is 253 g/mol. The molecule has 0 heterocycles. The summed E-state index contributed by atoms with van der Waals surface area (Å²) in [5.41, 5.74) is -1.29. The van der Waals surface area contributed by atoms with Crippen LogP contribution in [0.1, 0.15) is 23.7 Å². The summed E-state index contributed by atoms with van der Waals surface area (Å²) in [6.07, 6.45) is 0.346. The first-order valence-corrected chi connectivity index (χ1v) is 5.84. The molecule has 19 heavy (non-hydrogen) atoms. The van der Waals surface area contributed by atoms with E-state index in [1.165, 1.54) is 7.11 Å². The van der Waals surface area contributed by atoms with Gasteiger partial charge in [0, 0.05) is 26.7 Å². The van der Waals surface area contributed by atoms with Gasteiger partial charge in [-0.3, -0.25) is 4.79 Å². The molecule has 1 unspecified atom stereocenters. The van der Waals surface area contributed by atoms with Crippen molar-refractivity contribution >= 4 is 5.91 Å². The van der Waals surface area contributed by atoms with Crippen LogP contribution < -0.4 is 5.32 Å². The summed E-state index contributed by atoms with van der Waals surface area (Å²) >= 11 is 0. The summed E-state index contributed by atoms with van der Waals surface area (Å²) in [6.45, 7) is 1.89. The van der Waals surface area contributed by atoms with E-state index in [1.54, 1.807) is 6.92 Å². The number of aliphatic hydroxyl groups is 1. The normalized spacial score (nSPS) is 13.9. The number of phenolic OH excluding ortho intramolecular Hbond substituents is 1. The van der Waals surface area contributed by atoms with Crippen molar-refractivity contribution in [3.63, 3.8) is 0 Å². The molecule has 0 saturated heterocycles. The maximum atomic E-state index is 13.0. The number of methoxy groups -OCH3 is 1. The lowest BCUT2D eigenvalue weighted by Crippen LogP contribution is -2.41. The summed E-state index contributed by atoms with van der Waals surface area (Å²) in [7, 11) is 1.51. The van der Waals surface area contributed by atoms with Crippen molar-refractivity contribution < 1.29 is 24.1 Å². The van der Waals surface area contributed by atoms with Gasteiger partial charge in [0.25, 0.3) is 5.91 Å². The highest BCUT2D eigenvalue weighted by Gasteiger charge is 2.22. The highest BCUT2D eigenvalue weighted by atomic mass is 19.1. The van der Waals surface area contributed by atoms with Crippen LogP contribution in [0, 0.1) is 5.82 Å².